The van der Waals surface area contributed by atoms with Crippen LogP contribution in [0.5, 0.6) is 0 Å². The average Bonchev–Trinajstić information content (AvgIpc) is 2.92. The van der Waals surface area contributed by atoms with Gasteiger partial charge in [0, 0.05) is 30.1 Å². The topological polar surface area (TPSA) is 63.1 Å². The summed E-state index contributed by atoms with van der Waals surface area (Å²) in [7, 11) is 2.00. The number of hydrogen-bond donors (Lipinski definition) is 2. The molecule has 0 spiro atoms. The minimum atomic E-state index is -0.533. The zero-order chi connectivity index (χ0) is 17.3. The van der Waals surface area contributed by atoms with Gasteiger partial charge in [-0.2, -0.15) is 11.8 Å². The van der Waals surface area contributed by atoms with Crippen molar-refractivity contribution in [1.29, 1.82) is 0 Å². The highest BCUT2D eigenvalue weighted by Gasteiger charge is 2.37. The molecule has 1 aromatic carbocycles. The number of hydrogen-bond acceptors (Lipinski definition) is 3. The van der Waals surface area contributed by atoms with Gasteiger partial charge in [-0.15, -0.1) is 0 Å². The number of nitrogens with one attached hydrogen (secondary N) is 2. The Morgan fingerprint density at radius 1 is 1.21 bits per heavy atom. The number of amides is 2. The third kappa shape index (κ3) is 3.02. The van der Waals surface area contributed by atoms with Crippen LogP contribution >= 0.6 is 11.8 Å². The molecule has 3 rings (SSSR count). The molecule has 3 atom stereocenters. The molecule has 1 aliphatic rings. The van der Waals surface area contributed by atoms with E-state index >= 15 is 0 Å². The highest BCUT2D eigenvalue weighted by Crippen LogP contribution is 2.30. The van der Waals surface area contributed by atoms with Crippen LogP contribution in [0.4, 0.5) is 0 Å². The van der Waals surface area contributed by atoms with Gasteiger partial charge in [-0.05, 0) is 30.1 Å². The molecule has 0 saturated carbocycles. The number of para-hydroxylation sites is 1. The molecular formula is C18H23N3O2S. The number of fused-ring (bicyclic) bond motifs is 1. The lowest BCUT2D eigenvalue weighted by atomic mass is 9.90. The SMILES string of the molecule is CSCC[C@H]1NC(=O)[C@@H]([C@@H](C)c2cn(C)c3ccccc23)NC1=O. The van der Waals surface area contributed by atoms with Crippen molar-refractivity contribution >= 4 is 34.5 Å². The molecule has 2 amide bonds. The van der Waals surface area contributed by atoms with Gasteiger partial charge in [-0.1, -0.05) is 25.1 Å². The quantitative estimate of drug-likeness (QED) is 0.871. The number of thioether (sulfide) groups is 1. The van der Waals surface area contributed by atoms with E-state index in [1.807, 2.05) is 32.4 Å². The highest BCUT2D eigenvalue weighted by molar-refractivity contribution is 7.98. The van der Waals surface area contributed by atoms with E-state index in [9.17, 15) is 9.59 Å². The summed E-state index contributed by atoms with van der Waals surface area (Å²) in [4.78, 5) is 24.9. The number of aromatic nitrogens is 1. The first-order valence-corrected chi connectivity index (χ1v) is 9.56. The normalized spacial score (nSPS) is 22.3. The van der Waals surface area contributed by atoms with Crippen molar-refractivity contribution in [2.24, 2.45) is 7.05 Å². The minimum Gasteiger partial charge on any atom is -0.350 e. The molecule has 0 unspecified atom stereocenters. The van der Waals surface area contributed by atoms with Crippen molar-refractivity contribution in [2.75, 3.05) is 12.0 Å². The van der Waals surface area contributed by atoms with Crippen LogP contribution in [0.2, 0.25) is 0 Å². The molecule has 2 heterocycles. The molecule has 0 bridgehead atoms. The van der Waals surface area contributed by atoms with Crippen molar-refractivity contribution in [3.63, 3.8) is 0 Å². The summed E-state index contributed by atoms with van der Waals surface area (Å²) in [6.07, 6.45) is 4.70. The number of piperazine rings is 1. The fraction of sp³-hybridized carbons (Fsp3) is 0.444. The second kappa shape index (κ2) is 6.89. The molecule has 6 heteroatoms. The Hall–Kier alpha value is -1.95. The van der Waals surface area contributed by atoms with E-state index in [4.69, 9.17) is 0 Å². The lowest BCUT2D eigenvalue weighted by molar-refractivity contribution is -0.137. The van der Waals surface area contributed by atoms with Crippen LogP contribution < -0.4 is 10.6 Å². The summed E-state index contributed by atoms with van der Waals surface area (Å²) in [5, 5.41) is 6.94. The summed E-state index contributed by atoms with van der Waals surface area (Å²) < 4.78 is 2.06. The van der Waals surface area contributed by atoms with Gasteiger partial charge in [0.15, 0.2) is 0 Å². The lowest BCUT2D eigenvalue weighted by Gasteiger charge is -2.32. The van der Waals surface area contributed by atoms with Crippen LogP contribution in [0.1, 0.15) is 24.8 Å². The van der Waals surface area contributed by atoms with E-state index in [2.05, 4.69) is 33.5 Å². The number of carbonyl (C=O) groups is 2. The fourth-order valence-electron chi connectivity index (χ4n) is 3.35. The second-order valence-corrected chi connectivity index (χ2v) is 7.32. The van der Waals surface area contributed by atoms with Gasteiger partial charge in [0.05, 0.1) is 0 Å². The number of carbonyl (C=O) groups excluding carboxylic acids is 2. The molecule has 2 aromatic rings. The number of benzene rings is 1. The summed E-state index contributed by atoms with van der Waals surface area (Å²) in [6.45, 7) is 1.99. The molecule has 0 radical (unpaired) electrons. The molecule has 5 nitrogen and oxygen atoms in total. The summed E-state index contributed by atoms with van der Waals surface area (Å²) in [5.41, 5.74) is 2.20. The van der Waals surface area contributed by atoms with Gasteiger partial charge < -0.3 is 15.2 Å². The number of aryl methyl sites for hydroxylation is 1. The molecule has 1 aromatic heterocycles. The Kier molecular flexibility index (Phi) is 4.85. The smallest absolute Gasteiger partial charge is 0.243 e. The number of rotatable bonds is 5. The zero-order valence-electron chi connectivity index (χ0n) is 14.2. The van der Waals surface area contributed by atoms with E-state index in [-0.39, 0.29) is 17.7 Å². The predicted octanol–water partition coefficient (Wildman–Crippen LogP) is 2.02. The summed E-state index contributed by atoms with van der Waals surface area (Å²) in [6, 6.07) is 7.17. The average molecular weight is 345 g/mol. The van der Waals surface area contributed by atoms with Crippen LogP contribution in [0, 0.1) is 0 Å². The van der Waals surface area contributed by atoms with Crippen molar-refractivity contribution in [1.82, 2.24) is 15.2 Å². The van der Waals surface area contributed by atoms with Crippen LogP contribution in [-0.2, 0) is 16.6 Å². The molecule has 2 N–H and O–H groups in total. The van der Waals surface area contributed by atoms with Crippen molar-refractivity contribution < 1.29 is 9.59 Å². The first-order chi connectivity index (χ1) is 11.5. The lowest BCUT2D eigenvalue weighted by Crippen LogP contribution is -2.63. The molecule has 128 valence electrons. The van der Waals surface area contributed by atoms with E-state index in [1.54, 1.807) is 11.8 Å². The zero-order valence-corrected chi connectivity index (χ0v) is 15.0. The van der Waals surface area contributed by atoms with Gasteiger partial charge >= 0.3 is 0 Å². The van der Waals surface area contributed by atoms with E-state index < -0.39 is 12.1 Å². The fourth-order valence-corrected chi connectivity index (χ4v) is 3.82. The van der Waals surface area contributed by atoms with Crippen LogP contribution in [0.3, 0.4) is 0 Å². The maximum absolute atomic E-state index is 12.5. The first-order valence-electron chi connectivity index (χ1n) is 8.16. The molecular weight excluding hydrogens is 322 g/mol. The Labute approximate surface area is 146 Å². The van der Waals surface area contributed by atoms with Crippen LogP contribution in [-0.4, -0.2) is 40.5 Å². The van der Waals surface area contributed by atoms with Gasteiger partial charge in [0.25, 0.3) is 0 Å². The van der Waals surface area contributed by atoms with Crippen LogP contribution in [0.25, 0.3) is 10.9 Å². The maximum Gasteiger partial charge on any atom is 0.243 e. The first kappa shape index (κ1) is 16.9. The van der Waals surface area contributed by atoms with Gasteiger partial charge in [0.2, 0.25) is 11.8 Å². The predicted molar refractivity (Wildman–Crippen MR) is 98.2 cm³/mol. The van der Waals surface area contributed by atoms with Crippen molar-refractivity contribution in [3.8, 4) is 0 Å². The van der Waals surface area contributed by atoms with E-state index in [0.29, 0.717) is 6.42 Å². The Morgan fingerprint density at radius 3 is 2.71 bits per heavy atom. The second-order valence-electron chi connectivity index (χ2n) is 6.33. The Balaban J connectivity index is 1.83. The highest BCUT2D eigenvalue weighted by atomic mass is 32.2. The van der Waals surface area contributed by atoms with Gasteiger partial charge in [-0.3, -0.25) is 9.59 Å². The molecule has 0 aliphatic carbocycles. The number of nitrogens with zero attached hydrogens (tertiary/aromatic N) is 1. The molecule has 1 aliphatic heterocycles. The van der Waals surface area contributed by atoms with E-state index in [1.165, 1.54) is 0 Å². The standard InChI is InChI=1S/C18H23N3O2S/c1-11(13-10-21(2)15-7-5-4-6-12(13)15)16-18(23)19-14(8-9-24-3)17(22)20-16/h4-7,10-11,14,16H,8-9H2,1-3H3,(H,19,23)(H,20,22)/t11-,14+,16+/m0/s1. The van der Waals surface area contributed by atoms with Crippen LogP contribution in [0.15, 0.2) is 30.5 Å². The molecule has 24 heavy (non-hydrogen) atoms. The van der Waals surface area contributed by atoms with Gasteiger partial charge in [-0.25, -0.2) is 0 Å². The largest absolute Gasteiger partial charge is 0.350 e. The third-order valence-electron chi connectivity index (χ3n) is 4.74. The van der Waals surface area contributed by atoms with E-state index in [0.717, 1.165) is 22.2 Å². The Morgan fingerprint density at radius 2 is 1.96 bits per heavy atom. The minimum absolute atomic E-state index is 0.0827. The van der Waals surface area contributed by atoms with Gasteiger partial charge in [0.1, 0.15) is 12.1 Å². The Bertz CT molecular complexity index is 771. The van der Waals surface area contributed by atoms with Crippen molar-refractivity contribution in [2.45, 2.75) is 31.3 Å². The summed E-state index contributed by atoms with van der Waals surface area (Å²) in [5.74, 6) is 0.575. The molecule has 1 fully saturated rings. The maximum atomic E-state index is 12.5. The molecule has 1 saturated heterocycles. The summed E-state index contributed by atoms with van der Waals surface area (Å²) >= 11 is 1.67. The monoisotopic (exact) mass is 345 g/mol. The third-order valence-corrected chi connectivity index (χ3v) is 5.39. The van der Waals surface area contributed by atoms with Crippen molar-refractivity contribution in [3.05, 3.63) is 36.0 Å².